The van der Waals surface area contributed by atoms with Crippen LogP contribution in [0.3, 0.4) is 0 Å². The minimum atomic E-state index is -2.87. The van der Waals surface area contributed by atoms with Crippen molar-refractivity contribution < 1.29 is 9.09 Å². The maximum absolute atomic E-state index is 13.6. The van der Waals surface area contributed by atoms with Gasteiger partial charge in [0.25, 0.3) is 0 Å². The van der Waals surface area contributed by atoms with E-state index in [-0.39, 0.29) is 11.4 Å². The zero-order chi connectivity index (χ0) is 16.7. The molecule has 0 bridgehead atoms. The molecule has 23 heavy (non-hydrogen) atoms. The topological polar surface area (TPSA) is 38.3 Å². The Kier molecular flexibility index (Phi) is 6.59. The van der Waals surface area contributed by atoms with Crippen LogP contribution in [0.5, 0.6) is 0 Å². The van der Waals surface area contributed by atoms with Crippen LogP contribution in [-0.2, 0) is 15.6 Å². The standard InChI is InChI=1S/C19H26NO2P/c1-4-22-23(21,16(2)3)19(18-13-9-6-10-14-18)20-15-17-11-7-5-8-12-17/h5-14,16,19-20H,4,15H2,1-3H3. The smallest absolute Gasteiger partial charge is 0.226 e. The van der Waals surface area contributed by atoms with Gasteiger partial charge >= 0.3 is 0 Å². The van der Waals surface area contributed by atoms with Gasteiger partial charge in [0, 0.05) is 12.2 Å². The summed E-state index contributed by atoms with van der Waals surface area (Å²) < 4.78 is 19.3. The molecule has 0 saturated carbocycles. The minimum absolute atomic E-state index is 0.0454. The molecule has 1 N–H and O–H groups in total. The zero-order valence-electron chi connectivity index (χ0n) is 14.1. The van der Waals surface area contributed by atoms with Crippen LogP contribution in [0.4, 0.5) is 0 Å². The fourth-order valence-electron chi connectivity index (χ4n) is 2.62. The van der Waals surface area contributed by atoms with Crippen molar-refractivity contribution in [3.05, 3.63) is 71.8 Å². The second-order valence-corrected chi connectivity index (χ2v) is 8.93. The number of nitrogens with one attached hydrogen (secondary N) is 1. The molecule has 2 atom stereocenters. The Morgan fingerprint density at radius 3 is 2.09 bits per heavy atom. The molecule has 2 rings (SSSR count). The fourth-order valence-corrected chi connectivity index (χ4v) is 5.00. The molecule has 2 unspecified atom stereocenters. The lowest BCUT2D eigenvalue weighted by atomic mass is 10.2. The zero-order valence-corrected chi connectivity index (χ0v) is 15.0. The molecule has 0 aliphatic heterocycles. The molecule has 0 aliphatic carbocycles. The molecule has 2 aromatic rings. The Morgan fingerprint density at radius 1 is 1.00 bits per heavy atom. The van der Waals surface area contributed by atoms with E-state index in [0.29, 0.717) is 13.2 Å². The van der Waals surface area contributed by atoms with Crippen LogP contribution >= 0.6 is 7.37 Å². The van der Waals surface area contributed by atoms with Crippen LogP contribution in [0.2, 0.25) is 0 Å². The molecule has 0 aromatic heterocycles. The Labute approximate surface area is 139 Å². The Bertz CT molecular complexity index is 628. The molecule has 0 heterocycles. The van der Waals surface area contributed by atoms with Crippen molar-refractivity contribution in [3.63, 3.8) is 0 Å². The SMILES string of the molecule is CCOP(=O)(C(C)C)C(NCc1ccccc1)c1ccccc1. The summed E-state index contributed by atoms with van der Waals surface area (Å²) in [7, 11) is -2.87. The van der Waals surface area contributed by atoms with Crippen LogP contribution in [0, 0.1) is 0 Å². The number of rotatable bonds is 8. The van der Waals surface area contributed by atoms with Gasteiger partial charge in [-0.3, -0.25) is 9.88 Å². The van der Waals surface area contributed by atoms with Gasteiger partial charge in [0.2, 0.25) is 7.37 Å². The highest BCUT2D eigenvalue weighted by atomic mass is 31.2. The molecule has 2 aromatic carbocycles. The number of hydrogen-bond acceptors (Lipinski definition) is 3. The Hall–Kier alpha value is -1.41. The molecule has 4 heteroatoms. The molecule has 3 nitrogen and oxygen atoms in total. The summed E-state index contributed by atoms with van der Waals surface area (Å²) in [5.41, 5.74) is 2.13. The monoisotopic (exact) mass is 331 g/mol. The molecular formula is C19H26NO2P. The molecule has 0 saturated heterocycles. The molecule has 124 valence electrons. The van der Waals surface area contributed by atoms with Crippen molar-refractivity contribution in [2.45, 2.75) is 38.8 Å². The fraction of sp³-hybridized carbons (Fsp3) is 0.368. The average molecular weight is 331 g/mol. The van der Waals surface area contributed by atoms with Gasteiger partial charge in [-0.05, 0) is 18.1 Å². The molecule has 0 amide bonds. The largest absolute Gasteiger partial charge is 0.327 e. The van der Waals surface area contributed by atoms with Crippen molar-refractivity contribution in [1.82, 2.24) is 5.32 Å². The van der Waals surface area contributed by atoms with Crippen molar-refractivity contribution in [1.29, 1.82) is 0 Å². The summed E-state index contributed by atoms with van der Waals surface area (Å²) >= 11 is 0. The van der Waals surface area contributed by atoms with E-state index in [9.17, 15) is 4.57 Å². The number of hydrogen-bond donors (Lipinski definition) is 1. The Balaban J connectivity index is 2.30. The predicted octanol–water partition coefficient (Wildman–Crippen LogP) is 5.20. The van der Waals surface area contributed by atoms with Gasteiger partial charge < -0.3 is 4.52 Å². The molecule has 0 radical (unpaired) electrons. The van der Waals surface area contributed by atoms with Gasteiger partial charge in [0.05, 0.1) is 6.61 Å². The first-order valence-corrected chi connectivity index (χ1v) is 9.90. The van der Waals surface area contributed by atoms with Crippen LogP contribution in [0.1, 0.15) is 37.7 Å². The highest BCUT2D eigenvalue weighted by Crippen LogP contribution is 2.62. The van der Waals surface area contributed by atoms with Crippen LogP contribution in [0.15, 0.2) is 60.7 Å². The van der Waals surface area contributed by atoms with E-state index in [1.807, 2.05) is 69.3 Å². The first-order valence-electron chi connectivity index (χ1n) is 8.14. The van der Waals surface area contributed by atoms with Gasteiger partial charge in [-0.1, -0.05) is 74.5 Å². The minimum Gasteiger partial charge on any atom is -0.327 e. The molecule has 0 fully saturated rings. The van der Waals surface area contributed by atoms with Crippen LogP contribution < -0.4 is 5.32 Å². The molecule has 0 spiro atoms. The van der Waals surface area contributed by atoms with Gasteiger partial charge in [0.15, 0.2) is 0 Å². The second-order valence-electron chi connectivity index (χ2n) is 5.84. The molecular weight excluding hydrogens is 305 g/mol. The quantitative estimate of drug-likeness (QED) is 0.676. The summed E-state index contributed by atoms with van der Waals surface area (Å²) in [4.78, 5) is 0. The van der Waals surface area contributed by atoms with Gasteiger partial charge in [-0.2, -0.15) is 0 Å². The van der Waals surface area contributed by atoms with E-state index in [2.05, 4.69) is 17.4 Å². The van der Waals surface area contributed by atoms with E-state index in [1.165, 1.54) is 5.56 Å². The first-order chi connectivity index (χ1) is 11.1. The van der Waals surface area contributed by atoms with Crippen molar-refractivity contribution in [2.24, 2.45) is 0 Å². The highest BCUT2D eigenvalue weighted by Gasteiger charge is 2.38. The Morgan fingerprint density at radius 2 is 1.57 bits per heavy atom. The van der Waals surface area contributed by atoms with Crippen molar-refractivity contribution in [3.8, 4) is 0 Å². The molecule has 0 aliphatic rings. The highest BCUT2D eigenvalue weighted by molar-refractivity contribution is 7.60. The van der Waals surface area contributed by atoms with E-state index < -0.39 is 7.37 Å². The van der Waals surface area contributed by atoms with Crippen LogP contribution in [-0.4, -0.2) is 12.3 Å². The van der Waals surface area contributed by atoms with Crippen molar-refractivity contribution >= 4 is 7.37 Å². The average Bonchev–Trinajstić information content (AvgIpc) is 2.57. The lowest BCUT2D eigenvalue weighted by Crippen LogP contribution is -2.25. The first kappa shape index (κ1) is 17.9. The lowest BCUT2D eigenvalue weighted by molar-refractivity contribution is 0.314. The second kappa shape index (κ2) is 8.44. The van der Waals surface area contributed by atoms with Gasteiger partial charge in [-0.25, -0.2) is 0 Å². The third-order valence-corrected chi connectivity index (χ3v) is 7.17. The third kappa shape index (κ3) is 4.54. The van der Waals surface area contributed by atoms with E-state index in [0.717, 1.165) is 5.56 Å². The normalized spacial score (nSPS) is 15.3. The van der Waals surface area contributed by atoms with Crippen LogP contribution in [0.25, 0.3) is 0 Å². The summed E-state index contributed by atoms with van der Waals surface area (Å²) in [5, 5.41) is 3.47. The van der Waals surface area contributed by atoms with Crippen molar-refractivity contribution in [2.75, 3.05) is 6.61 Å². The predicted molar refractivity (Wildman–Crippen MR) is 96.8 cm³/mol. The van der Waals surface area contributed by atoms with E-state index in [4.69, 9.17) is 4.52 Å². The summed E-state index contributed by atoms with van der Waals surface area (Å²) in [6.07, 6.45) is 0. The summed E-state index contributed by atoms with van der Waals surface area (Å²) in [6.45, 7) is 6.94. The van der Waals surface area contributed by atoms with E-state index in [1.54, 1.807) is 0 Å². The maximum atomic E-state index is 13.6. The number of benzene rings is 2. The van der Waals surface area contributed by atoms with E-state index >= 15 is 0 Å². The van der Waals surface area contributed by atoms with Gasteiger partial charge in [0.1, 0.15) is 5.78 Å². The van der Waals surface area contributed by atoms with Gasteiger partial charge in [-0.15, -0.1) is 0 Å². The maximum Gasteiger partial charge on any atom is 0.226 e. The third-order valence-electron chi connectivity index (χ3n) is 3.87. The summed E-state index contributed by atoms with van der Waals surface area (Å²) in [6, 6.07) is 20.1. The lowest BCUT2D eigenvalue weighted by Gasteiger charge is -2.31. The summed E-state index contributed by atoms with van der Waals surface area (Å²) in [5.74, 6) is -0.302.